The molecule has 0 fully saturated rings. The molecule has 4 N–H and O–H groups in total. The van der Waals surface area contributed by atoms with E-state index in [1.165, 1.54) is 0 Å². The zero-order valence-electron chi connectivity index (χ0n) is 8.96. The number of quaternary nitrogens is 1. The van der Waals surface area contributed by atoms with E-state index in [1.54, 1.807) is 13.0 Å². The lowest BCUT2D eigenvalue weighted by Crippen LogP contribution is -2.23. The van der Waals surface area contributed by atoms with E-state index in [9.17, 15) is 9.90 Å². The van der Waals surface area contributed by atoms with Gasteiger partial charge < -0.3 is 21.0 Å². The summed E-state index contributed by atoms with van der Waals surface area (Å²) < 4.78 is 0. The van der Waals surface area contributed by atoms with Crippen LogP contribution in [-0.2, 0) is 4.79 Å². The Labute approximate surface area is 79.8 Å². The molecule has 0 amide bonds. The van der Waals surface area contributed by atoms with Gasteiger partial charge in [-0.05, 0) is 46.0 Å². The largest absolute Gasteiger partial charge is 0.545 e. The molecule has 0 atom stereocenters. The summed E-state index contributed by atoms with van der Waals surface area (Å²) in [7, 11) is 3.99. The van der Waals surface area contributed by atoms with Crippen LogP contribution in [0.25, 0.3) is 0 Å². The fourth-order valence-corrected chi connectivity index (χ4v) is 0.809. The Morgan fingerprint density at radius 1 is 1.46 bits per heavy atom. The average Bonchev–Trinajstić information content (AvgIpc) is 1.97. The van der Waals surface area contributed by atoms with Gasteiger partial charge in [0, 0.05) is 0 Å². The van der Waals surface area contributed by atoms with E-state index >= 15 is 0 Å². The van der Waals surface area contributed by atoms with E-state index in [4.69, 9.17) is 0 Å². The van der Waals surface area contributed by atoms with Crippen molar-refractivity contribution in [2.24, 2.45) is 0 Å². The summed E-state index contributed by atoms with van der Waals surface area (Å²) in [6.45, 7) is 2.54. The molecule has 0 rings (SSSR count). The van der Waals surface area contributed by atoms with E-state index in [2.05, 4.69) is 4.90 Å². The monoisotopic (exact) mass is 188 g/mol. The number of carbonyl (C=O) groups is 1. The number of aliphatic carboxylic acids is 1. The highest BCUT2D eigenvalue weighted by Crippen LogP contribution is 1.97. The zero-order chi connectivity index (χ0) is 9.56. The van der Waals surface area contributed by atoms with Gasteiger partial charge in [0.25, 0.3) is 0 Å². The van der Waals surface area contributed by atoms with Crippen LogP contribution in [0.15, 0.2) is 11.6 Å². The smallest absolute Gasteiger partial charge is 0.0668 e. The van der Waals surface area contributed by atoms with Gasteiger partial charge in [-0.2, -0.15) is 0 Å². The third kappa shape index (κ3) is 9.04. The third-order valence-corrected chi connectivity index (χ3v) is 1.58. The molecule has 0 heterocycles. The second-order valence-corrected chi connectivity index (χ2v) is 3.12. The molecule has 0 aromatic rings. The minimum Gasteiger partial charge on any atom is -0.545 e. The lowest BCUT2D eigenvalue weighted by atomic mass is 10.2. The van der Waals surface area contributed by atoms with E-state index < -0.39 is 5.97 Å². The molecule has 0 radical (unpaired) electrons. The van der Waals surface area contributed by atoms with Crippen LogP contribution in [-0.4, -0.2) is 31.5 Å². The first-order valence-electron chi connectivity index (χ1n) is 4.07. The van der Waals surface area contributed by atoms with E-state index in [1.807, 2.05) is 14.1 Å². The number of allylic oxidation sites excluding steroid dienone is 1. The minimum absolute atomic E-state index is 0. The molecule has 13 heavy (non-hydrogen) atoms. The molecule has 0 aromatic heterocycles. The Morgan fingerprint density at radius 2 is 2.00 bits per heavy atom. The highest BCUT2D eigenvalue weighted by Gasteiger charge is 1.90. The van der Waals surface area contributed by atoms with Crippen LogP contribution in [0.1, 0.15) is 19.8 Å². The molecular weight excluding hydrogens is 168 g/mol. The summed E-state index contributed by atoms with van der Waals surface area (Å²) in [6, 6.07) is 0. The number of carboxylic acids is 1. The first-order valence-corrected chi connectivity index (χ1v) is 4.07. The van der Waals surface area contributed by atoms with Crippen LogP contribution in [0.3, 0.4) is 0 Å². The quantitative estimate of drug-likeness (QED) is 0.501. The summed E-state index contributed by atoms with van der Waals surface area (Å²) in [6.07, 6.45) is 3.49. The molecule has 0 saturated heterocycles. The van der Waals surface area contributed by atoms with Crippen LogP contribution >= 0.6 is 0 Å². The normalized spacial score (nSPS) is 11.2. The van der Waals surface area contributed by atoms with Crippen molar-refractivity contribution in [3.8, 4) is 0 Å². The Bertz CT molecular complexity index is 176. The average molecular weight is 188 g/mol. The second kappa shape index (κ2) is 7.76. The number of nitrogens with zero attached hydrogens (tertiary/aromatic N) is 1. The predicted molar refractivity (Wildman–Crippen MR) is 52.5 cm³/mol. The van der Waals surface area contributed by atoms with E-state index in [0.717, 1.165) is 19.4 Å². The third-order valence-electron chi connectivity index (χ3n) is 1.58. The van der Waals surface area contributed by atoms with Gasteiger partial charge in [-0.3, -0.25) is 0 Å². The van der Waals surface area contributed by atoms with Gasteiger partial charge in [0.05, 0.1) is 5.97 Å². The topological polar surface area (TPSA) is 79.9 Å². The van der Waals surface area contributed by atoms with Crippen molar-refractivity contribution in [2.75, 3.05) is 20.6 Å². The Balaban J connectivity index is 0. The summed E-state index contributed by atoms with van der Waals surface area (Å²) in [5.41, 5.74) is 0.328. The molecule has 0 aliphatic heterocycles. The summed E-state index contributed by atoms with van der Waals surface area (Å²) in [5.74, 6) is -1.07. The van der Waals surface area contributed by atoms with Gasteiger partial charge in [-0.25, -0.2) is 0 Å². The minimum atomic E-state index is -1.07. The molecule has 78 valence electrons. The van der Waals surface area contributed by atoms with Crippen molar-refractivity contribution in [1.29, 1.82) is 0 Å². The standard InChI is InChI=1S/C9H17NO2.H3N/c1-8(9(11)12)6-4-5-7-10(2)3;/h6H,4-5,7H2,1-3H3,(H,11,12);1H3. The molecule has 0 unspecified atom stereocenters. The number of carbonyl (C=O) groups excluding carboxylic acids is 1. The van der Waals surface area contributed by atoms with Crippen LogP contribution in [0.5, 0.6) is 0 Å². The van der Waals surface area contributed by atoms with Gasteiger partial charge in [0.2, 0.25) is 0 Å². The molecule has 0 spiro atoms. The van der Waals surface area contributed by atoms with Crippen molar-refractivity contribution in [3.63, 3.8) is 0 Å². The molecule has 0 aliphatic rings. The fraction of sp³-hybridized carbons (Fsp3) is 0.667. The fourth-order valence-electron chi connectivity index (χ4n) is 0.809. The second-order valence-electron chi connectivity index (χ2n) is 3.12. The maximum Gasteiger partial charge on any atom is 0.0668 e. The molecule has 0 aromatic carbocycles. The number of hydrogen-bond acceptors (Lipinski definition) is 3. The van der Waals surface area contributed by atoms with E-state index in [-0.39, 0.29) is 6.15 Å². The molecule has 4 heteroatoms. The summed E-state index contributed by atoms with van der Waals surface area (Å²) in [4.78, 5) is 12.3. The SMILES string of the molecule is CC(=CCCCN(C)C)C(=O)[O-].[NH4+]. The maximum atomic E-state index is 10.2. The van der Waals surface area contributed by atoms with Gasteiger partial charge in [0.15, 0.2) is 0 Å². The molecular formula is C9H20N2O2. The van der Waals surface area contributed by atoms with Gasteiger partial charge in [-0.1, -0.05) is 6.08 Å². The van der Waals surface area contributed by atoms with Crippen LogP contribution < -0.4 is 11.3 Å². The number of rotatable bonds is 5. The Kier molecular flexibility index (Phi) is 8.74. The summed E-state index contributed by atoms with van der Waals surface area (Å²) in [5, 5.41) is 10.2. The first-order chi connectivity index (χ1) is 5.54. The first kappa shape index (κ1) is 14.6. The molecule has 0 aliphatic carbocycles. The van der Waals surface area contributed by atoms with Gasteiger partial charge in [0.1, 0.15) is 0 Å². The van der Waals surface area contributed by atoms with Crippen molar-refractivity contribution in [1.82, 2.24) is 11.1 Å². The van der Waals surface area contributed by atoms with Gasteiger partial charge >= 0.3 is 0 Å². The van der Waals surface area contributed by atoms with Crippen molar-refractivity contribution in [2.45, 2.75) is 19.8 Å². The van der Waals surface area contributed by atoms with Crippen molar-refractivity contribution in [3.05, 3.63) is 11.6 Å². The summed E-state index contributed by atoms with van der Waals surface area (Å²) >= 11 is 0. The Morgan fingerprint density at radius 3 is 2.38 bits per heavy atom. The zero-order valence-corrected chi connectivity index (χ0v) is 8.96. The van der Waals surface area contributed by atoms with E-state index in [0.29, 0.717) is 5.57 Å². The molecule has 4 nitrogen and oxygen atoms in total. The number of carboxylic acid groups (broad SMARTS) is 1. The Hall–Kier alpha value is -0.870. The van der Waals surface area contributed by atoms with Gasteiger partial charge in [-0.15, -0.1) is 0 Å². The lowest BCUT2D eigenvalue weighted by Gasteiger charge is -2.07. The molecule has 0 bridgehead atoms. The van der Waals surface area contributed by atoms with Crippen molar-refractivity contribution >= 4 is 5.97 Å². The maximum absolute atomic E-state index is 10.2. The van der Waals surface area contributed by atoms with Crippen molar-refractivity contribution < 1.29 is 9.90 Å². The highest BCUT2D eigenvalue weighted by atomic mass is 16.4. The van der Waals surface area contributed by atoms with Crippen LogP contribution in [0.2, 0.25) is 0 Å². The van der Waals surface area contributed by atoms with Crippen LogP contribution in [0, 0.1) is 0 Å². The number of hydrogen-bond donors (Lipinski definition) is 1. The predicted octanol–water partition coefficient (Wildman–Crippen LogP) is 0.401. The lowest BCUT2D eigenvalue weighted by molar-refractivity contribution is -0.299. The number of unbranched alkanes of at least 4 members (excludes halogenated alkanes) is 1. The van der Waals surface area contributed by atoms with Crippen LogP contribution in [0.4, 0.5) is 0 Å². The molecule has 0 saturated carbocycles. The highest BCUT2D eigenvalue weighted by molar-refractivity contribution is 5.83.